The van der Waals surface area contributed by atoms with Crippen molar-refractivity contribution in [2.75, 3.05) is 12.3 Å². The van der Waals surface area contributed by atoms with Gasteiger partial charge in [0.05, 0.1) is 12.1 Å². The maximum atomic E-state index is 6.05. The van der Waals surface area contributed by atoms with Crippen LogP contribution in [0, 0.1) is 5.92 Å². The van der Waals surface area contributed by atoms with E-state index in [9.17, 15) is 0 Å². The number of anilines is 1. The highest BCUT2D eigenvalue weighted by atomic mass is 16.5. The van der Waals surface area contributed by atoms with Crippen molar-refractivity contribution >= 4 is 17.0 Å². The van der Waals surface area contributed by atoms with Gasteiger partial charge < -0.3 is 15.0 Å². The van der Waals surface area contributed by atoms with Gasteiger partial charge in [-0.25, -0.2) is 4.98 Å². The summed E-state index contributed by atoms with van der Waals surface area (Å²) in [5.74, 6) is 2.34. The summed E-state index contributed by atoms with van der Waals surface area (Å²) < 4.78 is 7.86. The molecule has 0 saturated heterocycles. The first kappa shape index (κ1) is 12.3. The molecular formula is C15H21N3O. The Morgan fingerprint density at radius 3 is 3.00 bits per heavy atom. The van der Waals surface area contributed by atoms with E-state index in [1.54, 1.807) is 0 Å². The van der Waals surface area contributed by atoms with Crippen LogP contribution >= 0.6 is 0 Å². The van der Waals surface area contributed by atoms with Gasteiger partial charge in [0.2, 0.25) is 5.95 Å². The van der Waals surface area contributed by atoms with E-state index in [-0.39, 0.29) is 0 Å². The minimum atomic E-state index is 0.600. The Bertz CT molecular complexity index is 572. The van der Waals surface area contributed by atoms with Gasteiger partial charge in [0, 0.05) is 6.54 Å². The fourth-order valence-corrected chi connectivity index (χ4v) is 2.42. The van der Waals surface area contributed by atoms with Gasteiger partial charge in [-0.05, 0) is 30.9 Å². The molecule has 102 valence electrons. The van der Waals surface area contributed by atoms with E-state index in [4.69, 9.17) is 10.5 Å². The number of nitrogens with two attached hydrogens (primary N) is 1. The molecule has 0 aliphatic heterocycles. The van der Waals surface area contributed by atoms with Crippen molar-refractivity contribution in [3.8, 4) is 5.75 Å². The Balaban J connectivity index is 1.90. The number of fused-ring (bicyclic) bond motifs is 1. The number of ether oxygens (including phenoxy) is 1. The van der Waals surface area contributed by atoms with Crippen molar-refractivity contribution in [2.45, 2.75) is 39.2 Å². The first-order valence-electron chi connectivity index (χ1n) is 7.17. The molecule has 1 saturated carbocycles. The molecule has 1 aromatic carbocycles. The molecule has 1 fully saturated rings. The molecule has 0 radical (unpaired) electrons. The van der Waals surface area contributed by atoms with Gasteiger partial charge in [0.15, 0.2) is 0 Å². The third-order valence-electron chi connectivity index (χ3n) is 3.69. The molecule has 2 N–H and O–H groups in total. The summed E-state index contributed by atoms with van der Waals surface area (Å²) in [6.45, 7) is 3.78. The van der Waals surface area contributed by atoms with Crippen molar-refractivity contribution in [3.63, 3.8) is 0 Å². The third kappa shape index (κ3) is 2.53. The molecule has 0 spiro atoms. The van der Waals surface area contributed by atoms with Gasteiger partial charge in [-0.15, -0.1) is 0 Å². The van der Waals surface area contributed by atoms with Gasteiger partial charge in [0.25, 0.3) is 0 Å². The average Bonchev–Trinajstić information content (AvgIpc) is 3.18. The minimum absolute atomic E-state index is 0.600. The standard InChI is InChI=1S/C15H21N3O/c1-2-10-19-13-5-3-4-12-14(13)17-15(16)18(12)9-8-11-6-7-11/h3-5,11H,2,6-10H2,1H3,(H2,16,17). The number of aryl methyl sites for hydroxylation is 1. The Labute approximate surface area is 113 Å². The monoisotopic (exact) mass is 259 g/mol. The molecule has 1 aliphatic carbocycles. The van der Waals surface area contributed by atoms with E-state index < -0.39 is 0 Å². The summed E-state index contributed by atoms with van der Waals surface area (Å²) in [4.78, 5) is 4.48. The second kappa shape index (κ2) is 5.11. The smallest absolute Gasteiger partial charge is 0.201 e. The summed E-state index contributed by atoms with van der Waals surface area (Å²) >= 11 is 0. The lowest BCUT2D eigenvalue weighted by Crippen LogP contribution is -2.03. The van der Waals surface area contributed by atoms with Crippen LogP contribution in [0.25, 0.3) is 11.0 Å². The lowest BCUT2D eigenvalue weighted by atomic mass is 10.2. The summed E-state index contributed by atoms with van der Waals surface area (Å²) in [6.07, 6.45) is 4.94. The van der Waals surface area contributed by atoms with Crippen LogP contribution in [0.2, 0.25) is 0 Å². The van der Waals surface area contributed by atoms with Crippen molar-refractivity contribution < 1.29 is 4.74 Å². The van der Waals surface area contributed by atoms with Gasteiger partial charge in [-0.3, -0.25) is 0 Å². The summed E-state index contributed by atoms with van der Waals surface area (Å²) in [5, 5.41) is 0. The van der Waals surface area contributed by atoms with Gasteiger partial charge in [-0.2, -0.15) is 0 Å². The van der Waals surface area contributed by atoms with Crippen LogP contribution in [0.15, 0.2) is 18.2 Å². The van der Waals surface area contributed by atoms with Crippen LogP contribution in [-0.4, -0.2) is 16.2 Å². The summed E-state index contributed by atoms with van der Waals surface area (Å²) in [6, 6.07) is 6.06. The zero-order valence-electron chi connectivity index (χ0n) is 11.4. The number of rotatable bonds is 6. The van der Waals surface area contributed by atoms with Crippen molar-refractivity contribution in [3.05, 3.63) is 18.2 Å². The quantitative estimate of drug-likeness (QED) is 0.866. The number of imidazole rings is 1. The number of aromatic nitrogens is 2. The van der Waals surface area contributed by atoms with Crippen molar-refractivity contribution in [1.29, 1.82) is 0 Å². The van der Waals surface area contributed by atoms with Gasteiger partial charge in [0.1, 0.15) is 11.3 Å². The lowest BCUT2D eigenvalue weighted by molar-refractivity contribution is 0.320. The first-order chi connectivity index (χ1) is 9.29. The Hall–Kier alpha value is -1.71. The number of nitrogen functional groups attached to an aromatic ring is 1. The highest BCUT2D eigenvalue weighted by Crippen LogP contribution is 2.34. The molecule has 4 heteroatoms. The largest absolute Gasteiger partial charge is 0.491 e. The van der Waals surface area contributed by atoms with Crippen molar-refractivity contribution in [2.24, 2.45) is 5.92 Å². The highest BCUT2D eigenvalue weighted by Gasteiger charge is 2.22. The molecule has 0 unspecified atom stereocenters. The van der Waals surface area contributed by atoms with Crippen LogP contribution in [0.4, 0.5) is 5.95 Å². The average molecular weight is 259 g/mol. The molecule has 0 bridgehead atoms. The topological polar surface area (TPSA) is 53.1 Å². The first-order valence-corrected chi connectivity index (χ1v) is 7.17. The molecule has 2 aromatic rings. The van der Waals surface area contributed by atoms with Crippen LogP contribution in [0.5, 0.6) is 5.75 Å². The molecule has 1 aliphatic rings. The SMILES string of the molecule is CCCOc1cccc2c1nc(N)n2CCC1CC1. The van der Waals surface area contributed by atoms with E-state index in [0.717, 1.165) is 35.7 Å². The van der Waals surface area contributed by atoms with E-state index in [0.29, 0.717) is 12.6 Å². The van der Waals surface area contributed by atoms with Crippen LogP contribution < -0.4 is 10.5 Å². The molecular weight excluding hydrogens is 238 g/mol. The van der Waals surface area contributed by atoms with E-state index in [1.165, 1.54) is 19.3 Å². The number of benzene rings is 1. The second-order valence-corrected chi connectivity index (χ2v) is 5.33. The van der Waals surface area contributed by atoms with Crippen molar-refractivity contribution in [1.82, 2.24) is 9.55 Å². The zero-order chi connectivity index (χ0) is 13.2. The van der Waals surface area contributed by atoms with E-state index >= 15 is 0 Å². The Kier molecular flexibility index (Phi) is 3.32. The molecule has 3 rings (SSSR count). The molecule has 1 heterocycles. The molecule has 4 nitrogen and oxygen atoms in total. The normalized spacial score (nSPS) is 15.0. The molecule has 0 atom stereocenters. The van der Waals surface area contributed by atoms with Crippen LogP contribution in [-0.2, 0) is 6.54 Å². The number of nitrogens with zero attached hydrogens (tertiary/aromatic N) is 2. The summed E-state index contributed by atoms with van der Waals surface area (Å²) in [7, 11) is 0. The maximum Gasteiger partial charge on any atom is 0.201 e. The Morgan fingerprint density at radius 1 is 1.42 bits per heavy atom. The highest BCUT2D eigenvalue weighted by molar-refractivity contribution is 5.84. The van der Waals surface area contributed by atoms with Crippen LogP contribution in [0.3, 0.4) is 0 Å². The van der Waals surface area contributed by atoms with E-state index in [1.807, 2.05) is 12.1 Å². The fourth-order valence-electron chi connectivity index (χ4n) is 2.42. The predicted octanol–water partition coefficient (Wildman–Crippen LogP) is 3.21. The van der Waals surface area contributed by atoms with Crippen LogP contribution in [0.1, 0.15) is 32.6 Å². The Morgan fingerprint density at radius 2 is 2.26 bits per heavy atom. The van der Waals surface area contributed by atoms with Gasteiger partial charge in [-0.1, -0.05) is 25.8 Å². The predicted molar refractivity (Wildman–Crippen MR) is 77.3 cm³/mol. The maximum absolute atomic E-state index is 6.05. The minimum Gasteiger partial charge on any atom is -0.491 e. The van der Waals surface area contributed by atoms with Gasteiger partial charge >= 0.3 is 0 Å². The lowest BCUT2D eigenvalue weighted by Gasteiger charge is -2.07. The molecule has 0 amide bonds. The number of hydrogen-bond donors (Lipinski definition) is 1. The van der Waals surface area contributed by atoms with E-state index in [2.05, 4.69) is 22.5 Å². The summed E-state index contributed by atoms with van der Waals surface area (Å²) in [5.41, 5.74) is 8.04. The molecule has 19 heavy (non-hydrogen) atoms. The second-order valence-electron chi connectivity index (χ2n) is 5.33. The molecule has 1 aromatic heterocycles. The fraction of sp³-hybridized carbons (Fsp3) is 0.533. The number of hydrogen-bond acceptors (Lipinski definition) is 3. The number of para-hydroxylation sites is 1. The third-order valence-corrected chi connectivity index (χ3v) is 3.69. The zero-order valence-corrected chi connectivity index (χ0v) is 11.4.